The minimum Gasteiger partial charge on any atom is -0.356 e. The summed E-state index contributed by atoms with van der Waals surface area (Å²) in [5.74, 6) is -0.681. The van der Waals surface area contributed by atoms with Gasteiger partial charge in [-0.1, -0.05) is 18.2 Å². The number of nitrogens with zero attached hydrogens (tertiary/aromatic N) is 3. The molecule has 0 spiro atoms. The van der Waals surface area contributed by atoms with Crippen LogP contribution < -0.4 is 11.2 Å². The van der Waals surface area contributed by atoms with Crippen LogP contribution in [0.15, 0.2) is 51.5 Å². The first-order valence-electron chi connectivity index (χ1n) is 8.90. The lowest BCUT2D eigenvalue weighted by Gasteiger charge is -2.15. The van der Waals surface area contributed by atoms with Gasteiger partial charge in [-0.2, -0.15) is 4.57 Å². The quantitative estimate of drug-likeness (QED) is 0.549. The number of carbonyl (C=O) groups is 1. The Bertz CT molecular complexity index is 1110. The molecule has 29 heavy (non-hydrogen) atoms. The molecule has 0 saturated carbocycles. The molecule has 2 aromatic heterocycles. The molecule has 1 aromatic carbocycles. The van der Waals surface area contributed by atoms with Crippen LogP contribution in [-0.2, 0) is 16.0 Å². The van der Waals surface area contributed by atoms with E-state index in [-0.39, 0.29) is 17.7 Å². The zero-order valence-corrected chi connectivity index (χ0v) is 17.1. The highest BCUT2D eigenvalue weighted by Crippen LogP contribution is 2.20. The fraction of sp³-hybridized carbons (Fsp3) is 0.300. The number of thiazole rings is 1. The zero-order chi connectivity index (χ0) is 21.0. The summed E-state index contributed by atoms with van der Waals surface area (Å²) in [7, 11) is 3.00. The Labute approximate surface area is 171 Å². The average Bonchev–Trinajstić information content (AvgIpc) is 3.16. The van der Waals surface area contributed by atoms with Crippen molar-refractivity contribution in [3.05, 3.63) is 74.0 Å². The molecule has 0 bridgehead atoms. The lowest BCUT2D eigenvalue weighted by molar-refractivity contribution is -0.108. The number of aryl methyl sites for hydroxylation is 2. The fourth-order valence-electron chi connectivity index (χ4n) is 2.85. The Balaban J connectivity index is 2.15. The molecule has 0 aliphatic rings. The van der Waals surface area contributed by atoms with Gasteiger partial charge in [0.15, 0.2) is 6.29 Å². The Hall–Kier alpha value is -2.88. The first kappa shape index (κ1) is 20.8. The highest BCUT2D eigenvalue weighted by atomic mass is 32.1. The zero-order valence-electron chi connectivity index (χ0n) is 16.3. The van der Waals surface area contributed by atoms with Gasteiger partial charge in [-0.15, -0.1) is 11.3 Å². The molecule has 0 amide bonds. The van der Waals surface area contributed by atoms with Gasteiger partial charge in [0.2, 0.25) is 0 Å². The number of carbonyl (C=O) groups excluding carboxylic acids is 1. The van der Waals surface area contributed by atoms with Crippen LogP contribution in [0.4, 0.5) is 0 Å². The van der Waals surface area contributed by atoms with Crippen LogP contribution >= 0.6 is 11.3 Å². The summed E-state index contributed by atoms with van der Waals surface area (Å²) in [4.78, 5) is 43.4. The van der Waals surface area contributed by atoms with Crippen molar-refractivity contribution >= 4 is 17.2 Å². The van der Waals surface area contributed by atoms with Crippen molar-refractivity contribution < 1.29 is 14.3 Å². The van der Waals surface area contributed by atoms with Crippen LogP contribution in [-0.4, -0.2) is 40.5 Å². The molecule has 152 valence electrons. The minimum atomic E-state index is -0.716. The van der Waals surface area contributed by atoms with E-state index in [1.165, 1.54) is 36.3 Å². The summed E-state index contributed by atoms with van der Waals surface area (Å²) in [5, 5.41) is 2.25. The minimum absolute atomic E-state index is 0.193. The Morgan fingerprint density at radius 2 is 1.86 bits per heavy atom. The maximum absolute atomic E-state index is 13.1. The van der Waals surface area contributed by atoms with Crippen LogP contribution in [0.5, 0.6) is 0 Å². The Morgan fingerprint density at radius 1 is 1.17 bits per heavy atom. The number of aromatic nitrogens is 3. The van der Waals surface area contributed by atoms with Gasteiger partial charge in [-0.25, -0.2) is 9.78 Å². The van der Waals surface area contributed by atoms with Crippen molar-refractivity contribution in [1.82, 2.24) is 14.1 Å². The van der Waals surface area contributed by atoms with Crippen molar-refractivity contribution in [2.24, 2.45) is 0 Å². The molecule has 8 nitrogen and oxygen atoms in total. The van der Waals surface area contributed by atoms with Gasteiger partial charge >= 0.3 is 5.69 Å². The number of ether oxygens (including phenoxy) is 2. The third-order valence-corrected chi connectivity index (χ3v) is 5.35. The molecule has 0 saturated heterocycles. The van der Waals surface area contributed by atoms with E-state index in [0.717, 1.165) is 5.69 Å². The van der Waals surface area contributed by atoms with E-state index in [4.69, 9.17) is 9.47 Å². The van der Waals surface area contributed by atoms with Crippen LogP contribution in [0.2, 0.25) is 0 Å². The summed E-state index contributed by atoms with van der Waals surface area (Å²) in [5.41, 5.74) is -0.214. The third-order valence-electron chi connectivity index (χ3n) is 4.36. The summed E-state index contributed by atoms with van der Waals surface area (Å²) in [6.07, 6.45) is 1.29. The van der Waals surface area contributed by atoms with Crippen molar-refractivity contribution in [2.45, 2.75) is 26.2 Å². The monoisotopic (exact) mass is 415 g/mol. The van der Waals surface area contributed by atoms with Gasteiger partial charge in [-0.3, -0.25) is 14.2 Å². The lowest BCUT2D eigenvalue weighted by atomic mass is 10.2. The number of rotatable bonds is 7. The normalized spacial score (nSPS) is 11.2. The van der Waals surface area contributed by atoms with Gasteiger partial charge in [0.05, 0.1) is 5.56 Å². The van der Waals surface area contributed by atoms with Gasteiger partial charge < -0.3 is 9.47 Å². The maximum Gasteiger partial charge on any atom is 0.338 e. The highest BCUT2D eigenvalue weighted by molar-refractivity contribution is 7.13. The average molecular weight is 415 g/mol. The predicted molar refractivity (Wildman–Crippen MR) is 109 cm³/mol. The van der Waals surface area contributed by atoms with E-state index in [2.05, 4.69) is 4.98 Å². The Kier molecular flexibility index (Phi) is 6.53. The van der Waals surface area contributed by atoms with Crippen LogP contribution in [0.1, 0.15) is 22.5 Å². The second-order valence-corrected chi connectivity index (χ2v) is 7.17. The second-order valence-electron chi connectivity index (χ2n) is 6.31. The number of benzene rings is 1. The van der Waals surface area contributed by atoms with Gasteiger partial charge in [0.25, 0.3) is 11.5 Å². The molecule has 0 N–H and O–H groups in total. The van der Waals surface area contributed by atoms with E-state index in [1.54, 1.807) is 35.7 Å². The summed E-state index contributed by atoms with van der Waals surface area (Å²) in [6.45, 7) is 2.01. The van der Waals surface area contributed by atoms with E-state index in [0.29, 0.717) is 16.0 Å². The molecular weight excluding hydrogens is 394 g/mol. The number of hydrogen-bond acceptors (Lipinski definition) is 7. The van der Waals surface area contributed by atoms with Crippen molar-refractivity contribution in [1.29, 1.82) is 0 Å². The molecule has 0 aliphatic heterocycles. The summed E-state index contributed by atoms with van der Waals surface area (Å²) < 4.78 is 12.3. The fourth-order valence-corrected chi connectivity index (χ4v) is 3.65. The molecule has 0 atom stereocenters. The standard InChI is InChI=1S/C20H21N3O5S/c1-13-12-29-17(21-13)15-11-22(10-9-16(27-2)28-3)20(26)23(19(15)25)18(24)14-7-5-4-6-8-14/h4-8,11-12,16H,9-10H2,1-3H3. The molecule has 3 rings (SSSR count). The van der Waals surface area contributed by atoms with Crippen molar-refractivity contribution in [2.75, 3.05) is 14.2 Å². The SMILES string of the molecule is COC(CCn1cc(-c2nc(C)cs2)c(=O)n(C(=O)c2ccccc2)c1=O)OC. The third kappa shape index (κ3) is 4.42. The number of hydrogen-bond donors (Lipinski definition) is 0. The largest absolute Gasteiger partial charge is 0.356 e. The Morgan fingerprint density at radius 3 is 2.45 bits per heavy atom. The van der Waals surface area contributed by atoms with E-state index < -0.39 is 23.4 Å². The first-order valence-corrected chi connectivity index (χ1v) is 9.78. The molecule has 9 heteroatoms. The predicted octanol–water partition coefficient (Wildman–Crippen LogP) is 2.14. The second kappa shape index (κ2) is 9.08. The lowest BCUT2D eigenvalue weighted by Crippen LogP contribution is -2.44. The molecular formula is C20H21N3O5S. The molecule has 0 fully saturated rings. The summed E-state index contributed by atoms with van der Waals surface area (Å²) in [6, 6.07) is 8.22. The van der Waals surface area contributed by atoms with E-state index in [1.807, 2.05) is 6.92 Å². The number of methoxy groups -OCH3 is 2. The van der Waals surface area contributed by atoms with E-state index >= 15 is 0 Å². The maximum atomic E-state index is 13.1. The highest BCUT2D eigenvalue weighted by Gasteiger charge is 2.21. The molecule has 0 aliphatic carbocycles. The van der Waals surface area contributed by atoms with Gasteiger partial charge in [-0.05, 0) is 19.1 Å². The van der Waals surface area contributed by atoms with E-state index in [9.17, 15) is 14.4 Å². The van der Waals surface area contributed by atoms with Crippen molar-refractivity contribution in [3.8, 4) is 10.6 Å². The molecule has 3 aromatic rings. The van der Waals surface area contributed by atoms with Crippen LogP contribution in [0.3, 0.4) is 0 Å². The topological polar surface area (TPSA) is 92.4 Å². The van der Waals surface area contributed by atoms with Crippen LogP contribution in [0, 0.1) is 6.92 Å². The van der Waals surface area contributed by atoms with Gasteiger partial charge in [0.1, 0.15) is 5.01 Å². The smallest absolute Gasteiger partial charge is 0.338 e. The van der Waals surface area contributed by atoms with Crippen LogP contribution in [0.25, 0.3) is 10.6 Å². The molecule has 0 radical (unpaired) electrons. The van der Waals surface area contributed by atoms with Gasteiger partial charge in [0, 0.05) is 50.0 Å². The molecule has 0 unspecified atom stereocenters. The first-order chi connectivity index (χ1) is 14.0. The van der Waals surface area contributed by atoms with Crippen molar-refractivity contribution in [3.63, 3.8) is 0 Å². The summed E-state index contributed by atoms with van der Waals surface area (Å²) >= 11 is 1.28. The molecule has 2 heterocycles.